The zero-order chi connectivity index (χ0) is 22.5. The van der Waals surface area contributed by atoms with Gasteiger partial charge in [0.1, 0.15) is 5.69 Å². The summed E-state index contributed by atoms with van der Waals surface area (Å²) in [6.45, 7) is 8.80. The van der Waals surface area contributed by atoms with E-state index in [9.17, 15) is 4.79 Å². The van der Waals surface area contributed by atoms with Crippen LogP contribution in [0.5, 0.6) is 0 Å². The predicted molar refractivity (Wildman–Crippen MR) is 112 cm³/mol. The van der Waals surface area contributed by atoms with E-state index in [0.29, 0.717) is 25.0 Å². The van der Waals surface area contributed by atoms with E-state index in [1.165, 1.54) is 0 Å². The van der Waals surface area contributed by atoms with Crippen LogP contribution in [0.2, 0.25) is 0 Å². The quantitative estimate of drug-likeness (QED) is 0.495. The molecule has 5 aliphatic rings. The van der Waals surface area contributed by atoms with Crippen LogP contribution in [-0.2, 0) is 35.3 Å². The highest BCUT2D eigenvalue weighted by molar-refractivity contribution is 5.87. The molecule has 0 N–H and O–H groups in total. The number of carbonyl (C=O) groups is 1. The Balaban J connectivity index is 1.32. The van der Waals surface area contributed by atoms with Gasteiger partial charge in [0.2, 0.25) is 5.79 Å². The Morgan fingerprint density at radius 2 is 2.03 bits per heavy atom. The topological polar surface area (TPSA) is 85.3 Å². The van der Waals surface area contributed by atoms with E-state index in [1.54, 1.807) is 19.2 Å². The highest BCUT2D eigenvalue weighted by Gasteiger charge is 2.69. The zero-order valence-corrected chi connectivity index (χ0v) is 19.2. The first-order valence-electron chi connectivity index (χ1n) is 11.8. The van der Waals surface area contributed by atoms with Crippen LogP contribution in [0.3, 0.4) is 0 Å². The average molecular weight is 448 g/mol. The summed E-state index contributed by atoms with van der Waals surface area (Å²) in [5.41, 5.74) is 0.560. The molecule has 2 unspecified atom stereocenters. The number of esters is 1. The highest BCUT2D eigenvalue weighted by Crippen LogP contribution is 2.60. The number of aromatic nitrogens is 1. The zero-order valence-electron chi connectivity index (χ0n) is 19.2. The van der Waals surface area contributed by atoms with Gasteiger partial charge in [-0.3, -0.25) is 0 Å². The molecule has 4 aliphatic heterocycles. The number of hydrogen-bond donors (Lipinski definition) is 0. The molecule has 0 aromatic carbocycles. The maximum absolute atomic E-state index is 11.8. The maximum atomic E-state index is 11.8. The fourth-order valence-electron chi connectivity index (χ4n) is 6.08. The standard InChI is InChI=1S/C24H33NO7/c1-5-27-20(26)19-9-7-16(12-25-19)13-28-21-15(3)18-8-6-14(2)17-10-11-23(4)30-22(29-21)24(17,18)32-31-23/h7,9,12,14-15,17-18,21-22H,5-6,8,10-11,13H2,1-4H3/t14-,15-,17+,18?,21?,22-,23+,24-/m1/s1. The lowest BCUT2D eigenvalue weighted by atomic mass is 9.58. The normalized spacial score (nSPS) is 42.8. The van der Waals surface area contributed by atoms with Crippen LogP contribution in [0.15, 0.2) is 18.3 Å². The van der Waals surface area contributed by atoms with E-state index in [1.807, 2.05) is 13.0 Å². The second-order valence-corrected chi connectivity index (χ2v) is 9.86. The lowest BCUT2D eigenvalue weighted by Gasteiger charge is -2.60. The molecule has 5 fully saturated rings. The van der Waals surface area contributed by atoms with E-state index >= 15 is 0 Å². The van der Waals surface area contributed by atoms with Gasteiger partial charge in [-0.2, -0.15) is 0 Å². The average Bonchev–Trinajstić information content (AvgIpc) is 3.01. The van der Waals surface area contributed by atoms with Gasteiger partial charge in [0.15, 0.2) is 18.2 Å². The largest absolute Gasteiger partial charge is 0.461 e. The van der Waals surface area contributed by atoms with Gasteiger partial charge < -0.3 is 18.9 Å². The molecule has 4 saturated heterocycles. The van der Waals surface area contributed by atoms with E-state index in [0.717, 1.165) is 31.2 Å². The highest BCUT2D eigenvalue weighted by atomic mass is 17.3. The third kappa shape index (κ3) is 3.56. The summed E-state index contributed by atoms with van der Waals surface area (Å²) in [7, 11) is 0. The first kappa shape index (κ1) is 22.2. The van der Waals surface area contributed by atoms with Crippen molar-refractivity contribution in [3.63, 3.8) is 0 Å². The fourth-order valence-corrected chi connectivity index (χ4v) is 6.08. The molecule has 1 aromatic rings. The van der Waals surface area contributed by atoms with Crippen molar-refractivity contribution in [2.24, 2.45) is 23.7 Å². The minimum absolute atomic E-state index is 0.114. The molecule has 2 bridgehead atoms. The van der Waals surface area contributed by atoms with Gasteiger partial charge in [0.25, 0.3) is 0 Å². The molecular formula is C24H33NO7. The summed E-state index contributed by atoms with van der Waals surface area (Å²) in [5.74, 6) is -0.0265. The van der Waals surface area contributed by atoms with Crippen molar-refractivity contribution in [3.05, 3.63) is 29.6 Å². The Morgan fingerprint density at radius 3 is 2.78 bits per heavy atom. The summed E-state index contributed by atoms with van der Waals surface area (Å²) < 4.78 is 24.0. The molecule has 1 spiro atoms. The van der Waals surface area contributed by atoms with Crippen LogP contribution in [0.4, 0.5) is 0 Å². The van der Waals surface area contributed by atoms with Crippen molar-refractivity contribution in [1.29, 1.82) is 0 Å². The van der Waals surface area contributed by atoms with Crippen LogP contribution in [0.1, 0.15) is 69.4 Å². The third-order valence-electron chi connectivity index (χ3n) is 7.82. The first-order chi connectivity index (χ1) is 15.4. The summed E-state index contributed by atoms with van der Waals surface area (Å²) in [6.07, 6.45) is 4.66. The van der Waals surface area contributed by atoms with Crippen molar-refractivity contribution in [2.75, 3.05) is 6.61 Å². The summed E-state index contributed by atoms with van der Waals surface area (Å²) >= 11 is 0. The second-order valence-electron chi connectivity index (χ2n) is 9.86. The van der Waals surface area contributed by atoms with Crippen LogP contribution < -0.4 is 0 Å². The van der Waals surface area contributed by atoms with Crippen molar-refractivity contribution in [3.8, 4) is 0 Å². The number of pyridine rings is 1. The molecule has 8 heteroatoms. The summed E-state index contributed by atoms with van der Waals surface area (Å²) in [5, 5.41) is 0. The molecule has 1 aromatic heterocycles. The van der Waals surface area contributed by atoms with Crippen molar-refractivity contribution in [1.82, 2.24) is 4.98 Å². The summed E-state index contributed by atoms with van der Waals surface area (Å²) in [4.78, 5) is 28.0. The number of fused-ring (bicyclic) bond motifs is 2. The molecule has 8 atom stereocenters. The van der Waals surface area contributed by atoms with E-state index in [2.05, 4.69) is 18.8 Å². The van der Waals surface area contributed by atoms with Gasteiger partial charge in [-0.15, -0.1) is 0 Å². The van der Waals surface area contributed by atoms with E-state index in [4.69, 9.17) is 28.7 Å². The molecule has 176 valence electrons. The van der Waals surface area contributed by atoms with Gasteiger partial charge in [0.05, 0.1) is 13.2 Å². The van der Waals surface area contributed by atoms with E-state index in [-0.39, 0.29) is 17.5 Å². The van der Waals surface area contributed by atoms with Gasteiger partial charge >= 0.3 is 5.97 Å². The van der Waals surface area contributed by atoms with Crippen molar-refractivity contribution >= 4 is 5.97 Å². The fraction of sp³-hybridized carbons (Fsp3) is 0.750. The number of carbonyl (C=O) groups excluding carboxylic acids is 1. The van der Waals surface area contributed by atoms with Crippen LogP contribution in [0, 0.1) is 23.7 Å². The van der Waals surface area contributed by atoms with Gasteiger partial charge in [-0.1, -0.05) is 19.9 Å². The molecule has 6 rings (SSSR count). The van der Waals surface area contributed by atoms with Crippen molar-refractivity contribution < 1.29 is 33.5 Å². The minimum atomic E-state index is -0.796. The van der Waals surface area contributed by atoms with E-state index < -0.39 is 29.9 Å². The maximum Gasteiger partial charge on any atom is 0.356 e. The molecule has 5 heterocycles. The SMILES string of the molecule is CCOC(=O)c1ccc(COC2O[C@@H]3O[C@]4(C)CC[C@H]5[C@H](C)CCC([C@H]2C)[C@@]35OO4)cn1. The predicted octanol–water partition coefficient (Wildman–Crippen LogP) is 3.98. The van der Waals surface area contributed by atoms with Crippen molar-refractivity contribution in [2.45, 2.75) is 84.0 Å². The van der Waals surface area contributed by atoms with Crippen LogP contribution >= 0.6 is 0 Å². The van der Waals surface area contributed by atoms with Crippen LogP contribution in [-0.4, -0.2) is 41.5 Å². The smallest absolute Gasteiger partial charge is 0.356 e. The Hall–Kier alpha value is -1.58. The van der Waals surface area contributed by atoms with Gasteiger partial charge in [-0.05, 0) is 56.6 Å². The number of rotatable bonds is 5. The monoisotopic (exact) mass is 447 g/mol. The number of hydrogen-bond acceptors (Lipinski definition) is 8. The Kier molecular flexibility index (Phi) is 5.78. The number of ether oxygens (including phenoxy) is 4. The Labute approximate surface area is 188 Å². The molecule has 1 saturated carbocycles. The lowest BCUT2D eigenvalue weighted by molar-refractivity contribution is -0.577. The summed E-state index contributed by atoms with van der Waals surface area (Å²) in [6, 6.07) is 3.48. The molecule has 8 nitrogen and oxygen atoms in total. The third-order valence-corrected chi connectivity index (χ3v) is 7.82. The Morgan fingerprint density at radius 1 is 1.19 bits per heavy atom. The molecule has 0 radical (unpaired) electrons. The van der Waals surface area contributed by atoms with Gasteiger partial charge in [-0.25, -0.2) is 19.6 Å². The van der Waals surface area contributed by atoms with Crippen LogP contribution in [0.25, 0.3) is 0 Å². The lowest BCUT2D eigenvalue weighted by Crippen LogP contribution is -2.70. The minimum Gasteiger partial charge on any atom is -0.461 e. The van der Waals surface area contributed by atoms with Gasteiger partial charge in [0, 0.05) is 24.5 Å². The molecule has 0 amide bonds. The molecule has 1 aliphatic carbocycles. The molecular weight excluding hydrogens is 414 g/mol. The Bertz CT molecular complexity index is 847. The first-order valence-corrected chi connectivity index (χ1v) is 11.8. The molecule has 32 heavy (non-hydrogen) atoms. The number of nitrogens with zero attached hydrogens (tertiary/aromatic N) is 1. The second kappa shape index (κ2) is 8.33.